The van der Waals surface area contributed by atoms with Gasteiger partial charge in [-0.15, -0.1) is 0 Å². The second-order valence-electron chi connectivity index (χ2n) is 3.07. The van der Waals surface area contributed by atoms with Crippen LogP contribution in [0, 0.1) is 6.92 Å². The van der Waals surface area contributed by atoms with Crippen molar-refractivity contribution in [3.63, 3.8) is 0 Å². The molecule has 1 aliphatic heterocycles. The van der Waals surface area contributed by atoms with Gasteiger partial charge in [-0.2, -0.15) is 0 Å². The first-order valence-corrected chi connectivity index (χ1v) is 3.88. The van der Waals surface area contributed by atoms with Gasteiger partial charge in [0, 0.05) is 29.9 Å². The molecule has 0 aliphatic carbocycles. The zero-order valence-corrected chi connectivity index (χ0v) is 6.79. The molecule has 0 spiro atoms. The zero-order chi connectivity index (χ0) is 7.84. The predicted molar refractivity (Wildman–Crippen MR) is 42.8 cm³/mol. The SMILES string of the molecule is Cc1cc2c(cn1)CC(C)O2. The summed E-state index contributed by atoms with van der Waals surface area (Å²) in [6.45, 7) is 4.06. The minimum atomic E-state index is 0.327. The number of aromatic nitrogens is 1. The zero-order valence-electron chi connectivity index (χ0n) is 6.79. The Morgan fingerprint density at radius 1 is 1.64 bits per heavy atom. The molecule has 0 fully saturated rings. The molecule has 1 aromatic rings. The molecule has 0 radical (unpaired) electrons. The predicted octanol–water partition coefficient (Wildman–Crippen LogP) is 1.71. The standard InChI is InChI=1S/C9H11NO/c1-6-3-9-8(5-10-6)4-7(2)11-9/h3,5,7H,4H2,1-2H3. The quantitative estimate of drug-likeness (QED) is 0.560. The molecule has 2 heteroatoms. The minimum Gasteiger partial charge on any atom is -0.490 e. The molecule has 0 saturated heterocycles. The molecule has 2 heterocycles. The fourth-order valence-electron chi connectivity index (χ4n) is 1.39. The summed E-state index contributed by atoms with van der Waals surface area (Å²) in [6.07, 6.45) is 3.24. The summed E-state index contributed by atoms with van der Waals surface area (Å²) in [4.78, 5) is 4.21. The van der Waals surface area contributed by atoms with Crippen molar-refractivity contribution in [2.45, 2.75) is 26.4 Å². The van der Waals surface area contributed by atoms with Crippen LogP contribution in [-0.2, 0) is 6.42 Å². The first-order valence-electron chi connectivity index (χ1n) is 3.88. The van der Waals surface area contributed by atoms with E-state index in [1.165, 1.54) is 5.56 Å². The summed E-state index contributed by atoms with van der Waals surface area (Å²) in [6, 6.07) is 2.00. The van der Waals surface area contributed by atoms with Gasteiger partial charge in [0.25, 0.3) is 0 Å². The van der Waals surface area contributed by atoms with E-state index in [-0.39, 0.29) is 0 Å². The number of aryl methyl sites for hydroxylation is 1. The third-order valence-corrected chi connectivity index (χ3v) is 1.92. The average molecular weight is 149 g/mol. The van der Waals surface area contributed by atoms with E-state index in [4.69, 9.17) is 4.74 Å². The van der Waals surface area contributed by atoms with E-state index in [0.29, 0.717) is 6.10 Å². The van der Waals surface area contributed by atoms with Crippen molar-refractivity contribution in [2.24, 2.45) is 0 Å². The first-order chi connectivity index (χ1) is 5.25. The van der Waals surface area contributed by atoms with E-state index >= 15 is 0 Å². The van der Waals surface area contributed by atoms with Gasteiger partial charge in [-0.1, -0.05) is 0 Å². The lowest BCUT2D eigenvalue weighted by Gasteiger charge is -2.01. The van der Waals surface area contributed by atoms with Crippen molar-refractivity contribution in [3.05, 3.63) is 23.5 Å². The fraction of sp³-hybridized carbons (Fsp3) is 0.444. The van der Waals surface area contributed by atoms with Crippen LogP contribution in [0.4, 0.5) is 0 Å². The average Bonchev–Trinajstić information content (AvgIpc) is 2.27. The number of hydrogen-bond acceptors (Lipinski definition) is 2. The van der Waals surface area contributed by atoms with Crippen LogP contribution in [0.1, 0.15) is 18.2 Å². The normalized spacial score (nSPS) is 21.1. The molecular formula is C9H11NO. The van der Waals surface area contributed by atoms with Crippen LogP contribution in [0.25, 0.3) is 0 Å². The van der Waals surface area contributed by atoms with Crippen LogP contribution in [-0.4, -0.2) is 11.1 Å². The lowest BCUT2D eigenvalue weighted by Crippen LogP contribution is -2.05. The Morgan fingerprint density at radius 2 is 2.45 bits per heavy atom. The summed E-state index contributed by atoms with van der Waals surface area (Å²) < 4.78 is 5.55. The Morgan fingerprint density at radius 3 is 3.27 bits per heavy atom. The summed E-state index contributed by atoms with van der Waals surface area (Å²) >= 11 is 0. The van der Waals surface area contributed by atoms with E-state index in [0.717, 1.165) is 17.9 Å². The second-order valence-corrected chi connectivity index (χ2v) is 3.07. The minimum absolute atomic E-state index is 0.327. The van der Waals surface area contributed by atoms with Crippen LogP contribution in [0.2, 0.25) is 0 Å². The van der Waals surface area contributed by atoms with Crippen molar-refractivity contribution >= 4 is 0 Å². The molecule has 2 rings (SSSR count). The van der Waals surface area contributed by atoms with Gasteiger partial charge < -0.3 is 4.74 Å². The van der Waals surface area contributed by atoms with E-state index in [2.05, 4.69) is 11.9 Å². The van der Waals surface area contributed by atoms with Gasteiger partial charge in [-0.3, -0.25) is 4.98 Å². The van der Waals surface area contributed by atoms with Gasteiger partial charge in [0.05, 0.1) is 0 Å². The van der Waals surface area contributed by atoms with Gasteiger partial charge >= 0.3 is 0 Å². The van der Waals surface area contributed by atoms with Crippen molar-refractivity contribution in [2.75, 3.05) is 0 Å². The summed E-state index contributed by atoms with van der Waals surface area (Å²) in [7, 11) is 0. The Bertz CT molecular complexity index is 283. The van der Waals surface area contributed by atoms with E-state index < -0.39 is 0 Å². The highest BCUT2D eigenvalue weighted by molar-refractivity contribution is 5.36. The number of hydrogen-bond donors (Lipinski definition) is 0. The highest BCUT2D eigenvalue weighted by Gasteiger charge is 2.18. The lowest BCUT2D eigenvalue weighted by atomic mass is 10.2. The van der Waals surface area contributed by atoms with Crippen molar-refractivity contribution in [1.82, 2.24) is 4.98 Å². The number of ether oxygens (including phenoxy) is 1. The molecular weight excluding hydrogens is 138 g/mol. The third kappa shape index (κ3) is 1.09. The van der Waals surface area contributed by atoms with Gasteiger partial charge in [0.1, 0.15) is 11.9 Å². The van der Waals surface area contributed by atoms with Crippen LogP contribution in [0.3, 0.4) is 0 Å². The number of fused-ring (bicyclic) bond motifs is 1. The molecule has 1 unspecified atom stereocenters. The van der Waals surface area contributed by atoms with Crippen LogP contribution in [0.5, 0.6) is 5.75 Å². The van der Waals surface area contributed by atoms with Crippen molar-refractivity contribution in [1.29, 1.82) is 0 Å². The molecule has 1 atom stereocenters. The largest absolute Gasteiger partial charge is 0.490 e. The highest BCUT2D eigenvalue weighted by Crippen LogP contribution is 2.27. The van der Waals surface area contributed by atoms with E-state index in [9.17, 15) is 0 Å². The Kier molecular flexibility index (Phi) is 1.34. The Hall–Kier alpha value is -1.05. The molecule has 11 heavy (non-hydrogen) atoms. The Labute approximate surface area is 66.2 Å². The topological polar surface area (TPSA) is 22.1 Å². The van der Waals surface area contributed by atoms with E-state index in [1.807, 2.05) is 19.2 Å². The molecule has 58 valence electrons. The van der Waals surface area contributed by atoms with E-state index in [1.54, 1.807) is 0 Å². The number of rotatable bonds is 0. The molecule has 2 nitrogen and oxygen atoms in total. The van der Waals surface area contributed by atoms with Crippen molar-refractivity contribution in [3.8, 4) is 5.75 Å². The van der Waals surface area contributed by atoms with Gasteiger partial charge in [-0.25, -0.2) is 0 Å². The van der Waals surface area contributed by atoms with Gasteiger partial charge in [-0.05, 0) is 13.8 Å². The molecule has 0 N–H and O–H groups in total. The molecule has 0 bridgehead atoms. The lowest BCUT2D eigenvalue weighted by molar-refractivity contribution is 0.254. The third-order valence-electron chi connectivity index (χ3n) is 1.92. The first kappa shape index (κ1) is 6.65. The highest BCUT2D eigenvalue weighted by atomic mass is 16.5. The number of nitrogens with zero attached hydrogens (tertiary/aromatic N) is 1. The fourth-order valence-corrected chi connectivity index (χ4v) is 1.39. The van der Waals surface area contributed by atoms with Gasteiger partial charge in [0.15, 0.2) is 0 Å². The molecule has 0 amide bonds. The summed E-state index contributed by atoms with van der Waals surface area (Å²) in [5.41, 5.74) is 2.26. The molecule has 1 aromatic heterocycles. The molecule has 0 saturated carbocycles. The van der Waals surface area contributed by atoms with Crippen molar-refractivity contribution < 1.29 is 4.74 Å². The maximum absolute atomic E-state index is 5.55. The molecule has 1 aliphatic rings. The maximum atomic E-state index is 5.55. The Balaban J connectivity index is 2.43. The smallest absolute Gasteiger partial charge is 0.126 e. The maximum Gasteiger partial charge on any atom is 0.126 e. The summed E-state index contributed by atoms with van der Waals surface area (Å²) in [5, 5.41) is 0. The van der Waals surface area contributed by atoms with Gasteiger partial charge in [0.2, 0.25) is 0 Å². The second kappa shape index (κ2) is 2.22. The monoisotopic (exact) mass is 149 g/mol. The molecule has 0 aromatic carbocycles. The van der Waals surface area contributed by atoms with Crippen LogP contribution in [0.15, 0.2) is 12.3 Å². The summed E-state index contributed by atoms with van der Waals surface area (Å²) in [5.74, 6) is 1.02. The van der Waals surface area contributed by atoms with Crippen LogP contribution >= 0.6 is 0 Å². The number of pyridine rings is 1. The van der Waals surface area contributed by atoms with Crippen LogP contribution < -0.4 is 4.74 Å².